The molecular weight excluding hydrogens is 245 g/mol. The molecule has 19 heavy (non-hydrogen) atoms. The van der Waals surface area contributed by atoms with Gasteiger partial charge in [-0.15, -0.1) is 0 Å². The maximum atomic E-state index is 13.0. The van der Waals surface area contributed by atoms with Crippen LogP contribution < -0.4 is 11.1 Å². The van der Waals surface area contributed by atoms with Crippen molar-refractivity contribution in [2.75, 3.05) is 18.9 Å². The number of nitrogens with two attached hydrogens (primary N) is 1. The summed E-state index contributed by atoms with van der Waals surface area (Å²) < 4.78 is 13.0. The molecule has 0 saturated heterocycles. The van der Waals surface area contributed by atoms with Crippen LogP contribution in [0.2, 0.25) is 0 Å². The molecule has 106 valence electrons. The number of urea groups is 1. The third-order valence-electron chi connectivity index (χ3n) is 3.08. The van der Waals surface area contributed by atoms with Gasteiger partial charge in [0.2, 0.25) is 0 Å². The first-order chi connectivity index (χ1) is 8.90. The first-order valence-electron chi connectivity index (χ1n) is 6.43. The molecular formula is C14H22FN3O. The Bertz CT molecular complexity index is 423. The molecule has 3 N–H and O–H groups in total. The van der Waals surface area contributed by atoms with Gasteiger partial charge in [-0.25, -0.2) is 9.18 Å². The fourth-order valence-electron chi connectivity index (χ4n) is 1.56. The maximum Gasteiger partial charge on any atom is 0.321 e. The van der Waals surface area contributed by atoms with Crippen molar-refractivity contribution in [3.63, 3.8) is 0 Å². The van der Waals surface area contributed by atoms with E-state index in [1.165, 1.54) is 12.1 Å². The largest absolute Gasteiger partial charge is 0.328 e. The van der Waals surface area contributed by atoms with E-state index in [0.717, 1.165) is 6.42 Å². The molecule has 1 unspecified atom stereocenters. The first kappa shape index (κ1) is 15.4. The molecule has 0 heterocycles. The molecule has 0 aliphatic rings. The highest BCUT2D eigenvalue weighted by Crippen LogP contribution is 2.10. The highest BCUT2D eigenvalue weighted by molar-refractivity contribution is 5.89. The van der Waals surface area contributed by atoms with E-state index < -0.39 is 0 Å². The summed E-state index contributed by atoms with van der Waals surface area (Å²) in [5.41, 5.74) is 6.38. The molecule has 0 radical (unpaired) electrons. The minimum atomic E-state index is -0.373. The molecule has 0 aromatic heterocycles. The summed E-state index contributed by atoms with van der Waals surface area (Å²) in [6, 6.07) is 5.63. The molecule has 0 fully saturated rings. The molecule has 1 atom stereocenters. The Morgan fingerprint density at radius 3 is 2.74 bits per heavy atom. The van der Waals surface area contributed by atoms with Gasteiger partial charge in [0.25, 0.3) is 0 Å². The number of hydrogen-bond donors (Lipinski definition) is 2. The van der Waals surface area contributed by atoms with Gasteiger partial charge in [0, 0.05) is 25.3 Å². The predicted molar refractivity (Wildman–Crippen MR) is 75.5 cm³/mol. The van der Waals surface area contributed by atoms with Crippen LogP contribution in [0.25, 0.3) is 0 Å². The average Bonchev–Trinajstić information content (AvgIpc) is 2.35. The maximum absolute atomic E-state index is 13.0. The highest BCUT2D eigenvalue weighted by Gasteiger charge is 2.12. The van der Waals surface area contributed by atoms with Crippen molar-refractivity contribution in [1.82, 2.24) is 4.90 Å². The molecule has 0 aliphatic carbocycles. The van der Waals surface area contributed by atoms with Crippen molar-refractivity contribution >= 4 is 11.7 Å². The second kappa shape index (κ2) is 7.09. The van der Waals surface area contributed by atoms with E-state index in [2.05, 4.69) is 19.2 Å². The molecule has 4 nitrogen and oxygen atoms in total. The minimum absolute atomic E-state index is 0.0735. The quantitative estimate of drug-likeness (QED) is 0.861. The van der Waals surface area contributed by atoms with Crippen LogP contribution in [0.4, 0.5) is 14.9 Å². The van der Waals surface area contributed by atoms with Crippen LogP contribution in [-0.2, 0) is 0 Å². The number of halogens is 1. The third-order valence-corrected chi connectivity index (χ3v) is 3.08. The van der Waals surface area contributed by atoms with Gasteiger partial charge in [-0.05, 0) is 30.5 Å². The minimum Gasteiger partial charge on any atom is -0.328 e. The van der Waals surface area contributed by atoms with Crippen molar-refractivity contribution in [2.24, 2.45) is 11.7 Å². The van der Waals surface area contributed by atoms with Gasteiger partial charge in [-0.1, -0.05) is 19.9 Å². The lowest BCUT2D eigenvalue weighted by atomic mass is 10.0. The molecule has 2 amide bonds. The summed E-state index contributed by atoms with van der Waals surface area (Å²) >= 11 is 0. The van der Waals surface area contributed by atoms with Crippen LogP contribution >= 0.6 is 0 Å². The molecule has 0 bridgehead atoms. The van der Waals surface area contributed by atoms with Gasteiger partial charge in [-0.2, -0.15) is 0 Å². The number of hydrogen-bond acceptors (Lipinski definition) is 2. The number of rotatable bonds is 5. The average molecular weight is 267 g/mol. The van der Waals surface area contributed by atoms with E-state index in [9.17, 15) is 9.18 Å². The normalized spacial score (nSPS) is 12.3. The van der Waals surface area contributed by atoms with Gasteiger partial charge < -0.3 is 16.0 Å². The van der Waals surface area contributed by atoms with E-state index in [1.807, 2.05) is 0 Å². The molecule has 5 heteroatoms. The number of benzene rings is 1. The summed E-state index contributed by atoms with van der Waals surface area (Å²) in [5.74, 6) is 0.0157. The number of amides is 2. The van der Waals surface area contributed by atoms with Crippen molar-refractivity contribution in [3.05, 3.63) is 30.1 Å². The topological polar surface area (TPSA) is 58.4 Å². The Hall–Kier alpha value is -1.62. The molecule has 0 spiro atoms. The standard InChI is InChI=1S/C14H22FN3O/c1-10(2)13(16)7-8-18(3)14(19)17-12-6-4-5-11(15)9-12/h4-6,9-10,13H,7-8,16H2,1-3H3,(H,17,19). The van der Waals surface area contributed by atoms with Crippen molar-refractivity contribution in [2.45, 2.75) is 26.3 Å². The Morgan fingerprint density at radius 2 is 2.16 bits per heavy atom. The molecule has 0 aliphatic heterocycles. The van der Waals surface area contributed by atoms with Gasteiger partial charge in [-0.3, -0.25) is 0 Å². The Kier molecular flexibility index (Phi) is 5.76. The monoisotopic (exact) mass is 267 g/mol. The number of carbonyl (C=O) groups is 1. The smallest absolute Gasteiger partial charge is 0.321 e. The SMILES string of the molecule is CC(C)C(N)CCN(C)C(=O)Nc1cccc(F)c1. The number of anilines is 1. The van der Waals surface area contributed by atoms with E-state index in [0.29, 0.717) is 18.2 Å². The van der Waals surface area contributed by atoms with E-state index in [1.54, 1.807) is 24.1 Å². The Balaban J connectivity index is 2.45. The van der Waals surface area contributed by atoms with E-state index >= 15 is 0 Å². The molecule has 1 rings (SSSR count). The van der Waals surface area contributed by atoms with Crippen molar-refractivity contribution in [1.29, 1.82) is 0 Å². The number of nitrogens with one attached hydrogen (secondary N) is 1. The van der Waals surface area contributed by atoms with Crippen LogP contribution in [0.1, 0.15) is 20.3 Å². The summed E-state index contributed by atoms with van der Waals surface area (Å²) in [6.45, 7) is 4.68. The zero-order chi connectivity index (χ0) is 14.4. The van der Waals surface area contributed by atoms with Crippen molar-refractivity contribution < 1.29 is 9.18 Å². The Morgan fingerprint density at radius 1 is 1.47 bits per heavy atom. The summed E-state index contributed by atoms with van der Waals surface area (Å²) in [5, 5.41) is 2.64. The Labute approximate surface area is 113 Å². The molecule has 1 aromatic rings. The molecule has 0 saturated carbocycles. The fraction of sp³-hybridized carbons (Fsp3) is 0.500. The van der Waals surface area contributed by atoms with Gasteiger partial charge >= 0.3 is 6.03 Å². The van der Waals surface area contributed by atoms with Gasteiger partial charge in [0.15, 0.2) is 0 Å². The van der Waals surface area contributed by atoms with Gasteiger partial charge in [0.1, 0.15) is 5.82 Å². The zero-order valence-electron chi connectivity index (χ0n) is 11.7. The second-order valence-electron chi connectivity index (χ2n) is 5.06. The molecule has 1 aromatic carbocycles. The van der Waals surface area contributed by atoms with Crippen LogP contribution in [0.5, 0.6) is 0 Å². The lowest BCUT2D eigenvalue weighted by Crippen LogP contribution is -2.36. The number of carbonyl (C=O) groups excluding carboxylic acids is 1. The zero-order valence-corrected chi connectivity index (χ0v) is 11.7. The lowest BCUT2D eigenvalue weighted by molar-refractivity contribution is 0.219. The van der Waals surface area contributed by atoms with Gasteiger partial charge in [0.05, 0.1) is 0 Å². The third kappa shape index (κ3) is 5.26. The first-order valence-corrected chi connectivity index (χ1v) is 6.43. The highest BCUT2D eigenvalue weighted by atomic mass is 19.1. The van der Waals surface area contributed by atoms with Crippen LogP contribution in [-0.4, -0.2) is 30.6 Å². The fourth-order valence-corrected chi connectivity index (χ4v) is 1.56. The van der Waals surface area contributed by atoms with Crippen LogP contribution in [0.3, 0.4) is 0 Å². The van der Waals surface area contributed by atoms with E-state index in [4.69, 9.17) is 5.73 Å². The summed E-state index contributed by atoms with van der Waals surface area (Å²) in [6.07, 6.45) is 0.741. The number of nitrogens with zero attached hydrogens (tertiary/aromatic N) is 1. The van der Waals surface area contributed by atoms with Crippen LogP contribution in [0, 0.1) is 11.7 Å². The van der Waals surface area contributed by atoms with Crippen molar-refractivity contribution in [3.8, 4) is 0 Å². The summed E-state index contributed by atoms with van der Waals surface area (Å²) in [7, 11) is 1.70. The predicted octanol–water partition coefficient (Wildman–Crippen LogP) is 2.66. The lowest BCUT2D eigenvalue weighted by Gasteiger charge is -2.21. The van der Waals surface area contributed by atoms with Crippen LogP contribution in [0.15, 0.2) is 24.3 Å². The second-order valence-corrected chi connectivity index (χ2v) is 5.06. The summed E-state index contributed by atoms with van der Waals surface area (Å²) in [4.78, 5) is 13.4. The van der Waals surface area contributed by atoms with E-state index in [-0.39, 0.29) is 17.9 Å².